The Labute approximate surface area is 183 Å². The number of ether oxygens (including phenoxy) is 1. The Morgan fingerprint density at radius 1 is 1.03 bits per heavy atom. The van der Waals surface area contributed by atoms with Crippen LogP contribution in [-0.4, -0.2) is 48.7 Å². The Morgan fingerprint density at radius 2 is 1.81 bits per heavy atom. The van der Waals surface area contributed by atoms with Crippen molar-refractivity contribution in [3.8, 4) is 16.9 Å². The van der Waals surface area contributed by atoms with Gasteiger partial charge in [-0.15, -0.1) is 5.10 Å². The molecule has 0 radical (unpaired) electrons. The zero-order valence-corrected chi connectivity index (χ0v) is 17.2. The molecule has 0 atom stereocenters. The highest BCUT2D eigenvalue weighted by molar-refractivity contribution is 5.77. The van der Waals surface area contributed by atoms with E-state index in [9.17, 15) is 9.18 Å². The smallest absolute Gasteiger partial charge is 0.244 e. The fraction of sp³-hybridized carbons (Fsp3) is 0.217. The SMILES string of the molecule is O=C(Cn1cc(-c2ccc(F)cc2)cn1)N1CC(n2cc(COc3ccccc3)nn2)C1. The van der Waals surface area contributed by atoms with Crippen molar-refractivity contribution in [3.05, 3.63) is 84.7 Å². The molecule has 9 heteroatoms. The van der Waals surface area contributed by atoms with Crippen LogP contribution in [0.3, 0.4) is 0 Å². The highest BCUT2D eigenvalue weighted by atomic mass is 19.1. The number of halogens is 1. The molecule has 1 aliphatic rings. The highest BCUT2D eigenvalue weighted by Crippen LogP contribution is 2.22. The number of carbonyl (C=O) groups is 1. The van der Waals surface area contributed by atoms with Gasteiger partial charge in [0.05, 0.1) is 18.4 Å². The fourth-order valence-corrected chi connectivity index (χ4v) is 3.54. The number of amides is 1. The van der Waals surface area contributed by atoms with E-state index in [0.717, 1.165) is 22.6 Å². The summed E-state index contributed by atoms with van der Waals surface area (Å²) < 4.78 is 22.2. The van der Waals surface area contributed by atoms with E-state index in [-0.39, 0.29) is 24.3 Å². The second kappa shape index (κ2) is 8.62. The third-order valence-corrected chi connectivity index (χ3v) is 5.38. The molecule has 4 aromatic rings. The molecule has 0 saturated carbocycles. The van der Waals surface area contributed by atoms with Crippen LogP contribution in [0.15, 0.2) is 73.2 Å². The minimum atomic E-state index is -0.285. The highest BCUT2D eigenvalue weighted by Gasteiger charge is 2.32. The van der Waals surface area contributed by atoms with Crippen molar-refractivity contribution >= 4 is 5.91 Å². The summed E-state index contributed by atoms with van der Waals surface area (Å²) in [6.45, 7) is 1.65. The first kappa shape index (κ1) is 19.9. The van der Waals surface area contributed by atoms with E-state index in [4.69, 9.17) is 4.74 Å². The normalized spacial score (nSPS) is 13.7. The van der Waals surface area contributed by atoms with E-state index >= 15 is 0 Å². The average Bonchev–Trinajstić information content (AvgIpc) is 3.42. The predicted molar refractivity (Wildman–Crippen MR) is 114 cm³/mol. The maximum atomic E-state index is 13.1. The second-order valence-electron chi connectivity index (χ2n) is 7.68. The van der Waals surface area contributed by atoms with Crippen LogP contribution in [0.2, 0.25) is 0 Å². The topological polar surface area (TPSA) is 78.1 Å². The summed E-state index contributed by atoms with van der Waals surface area (Å²) in [6, 6.07) is 15.8. The molecule has 0 aliphatic carbocycles. The van der Waals surface area contributed by atoms with Gasteiger partial charge in [-0.05, 0) is 29.8 Å². The van der Waals surface area contributed by atoms with Crippen molar-refractivity contribution in [2.75, 3.05) is 13.1 Å². The molecule has 1 fully saturated rings. The quantitative estimate of drug-likeness (QED) is 0.449. The van der Waals surface area contributed by atoms with Gasteiger partial charge in [0.2, 0.25) is 5.91 Å². The van der Waals surface area contributed by atoms with E-state index in [0.29, 0.717) is 19.7 Å². The summed E-state index contributed by atoms with van der Waals surface area (Å²) in [5.41, 5.74) is 2.43. The lowest BCUT2D eigenvalue weighted by Crippen LogP contribution is -2.51. The summed E-state index contributed by atoms with van der Waals surface area (Å²) >= 11 is 0. The molecule has 8 nitrogen and oxygen atoms in total. The minimum Gasteiger partial charge on any atom is -0.487 e. The first-order valence-electron chi connectivity index (χ1n) is 10.3. The Kier molecular flexibility index (Phi) is 5.37. The number of hydrogen-bond acceptors (Lipinski definition) is 5. The maximum Gasteiger partial charge on any atom is 0.244 e. The predicted octanol–water partition coefficient (Wildman–Crippen LogP) is 2.94. The van der Waals surface area contributed by atoms with Gasteiger partial charge in [-0.3, -0.25) is 9.48 Å². The van der Waals surface area contributed by atoms with Crippen LogP contribution in [0.4, 0.5) is 4.39 Å². The van der Waals surface area contributed by atoms with Gasteiger partial charge in [0.1, 0.15) is 30.4 Å². The van der Waals surface area contributed by atoms with Gasteiger partial charge in [-0.25, -0.2) is 9.07 Å². The van der Waals surface area contributed by atoms with Crippen LogP contribution in [0, 0.1) is 5.82 Å². The standard InChI is InChI=1S/C23H21FN6O2/c24-19-8-6-17(7-9-19)18-10-25-29(11-18)15-23(31)28-13-21(14-28)30-12-20(26-27-30)16-32-22-4-2-1-3-5-22/h1-12,21H,13-16H2. The van der Waals surface area contributed by atoms with Crippen LogP contribution < -0.4 is 4.74 Å². The molecule has 1 amide bonds. The molecular weight excluding hydrogens is 411 g/mol. The van der Waals surface area contributed by atoms with Gasteiger partial charge in [-0.1, -0.05) is 35.5 Å². The van der Waals surface area contributed by atoms with Crippen LogP contribution in [0.1, 0.15) is 11.7 Å². The number of likely N-dealkylation sites (tertiary alicyclic amines) is 1. The van der Waals surface area contributed by atoms with Gasteiger partial charge in [-0.2, -0.15) is 5.10 Å². The van der Waals surface area contributed by atoms with Crippen molar-refractivity contribution in [1.82, 2.24) is 29.7 Å². The molecule has 162 valence electrons. The summed E-state index contributed by atoms with van der Waals surface area (Å²) in [7, 11) is 0. The van der Waals surface area contributed by atoms with Gasteiger partial charge in [0.15, 0.2) is 0 Å². The van der Waals surface area contributed by atoms with E-state index < -0.39 is 0 Å². The van der Waals surface area contributed by atoms with Crippen molar-refractivity contribution in [2.24, 2.45) is 0 Å². The number of rotatable bonds is 7. The molecule has 0 unspecified atom stereocenters. The molecule has 0 N–H and O–H groups in total. The summed E-state index contributed by atoms with van der Waals surface area (Å²) in [5, 5.41) is 12.6. The van der Waals surface area contributed by atoms with Crippen LogP contribution in [-0.2, 0) is 17.9 Å². The molecule has 2 aromatic carbocycles. The van der Waals surface area contributed by atoms with E-state index in [2.05, 4.69) is 15.4 Å². The second-order valence-corrected chi connectivity index (χ2v) is 7.68. The van der Waals surface area contributed by atoms with Gasteiger partial charge in [0, 0.05) is 24.8 Å². The minimum absolute atomic E-state index is 0.0113. The number of benzene rings is 2. The third-order valence-electron chi connectivity index (χ3n) is 5.38. The Hall–Kier alpha value is -4.01. The number of hydrogen-bond donors (Lipinski definition) is 0. The summed E-state index contributed by atoms with van der Waals surface area (Å²) in [6.07, 6.45) is 5.32. The van der Waals surface area contributed by atoms with E-state index in [1.165, 1.54) is 12.1 Å². The molecule has 1 aliphatic heterocycles. The third kappa shape index (κ3) is 4.36. The van der Waals surface area contributed by atoms with E-state index in [1.807, 2.05) is 36.5 Å². The van der Waals surface area contributed by atoms with Crippen molar-refractivity contribution in [3.63, 3.8) is 0 Å². The maximum absolute atomic E-state index is 13.1. The molecule has 0 bridgehead atoms. The molecule has 1 saturated heterocycles. The number of aromatic nitrogens is 5. The lowest BCUT2D eigenvalue weighted by molar-refractivity contribution is -0.138. The number of carbonyl (C=O) groups excluding carboxylic acids is 1. The fourth-order valence-electron chi connectivity index (χ4n) is 3.54. The first-order valence-corrected chi connectivity index (χ1v) is 10.3. The molecule has 3 heterocycles. The van der Waals surface area contributed by atoms with Gasteiger partial charge >= 0.3 is 0 Å². The van der Waals surface area contributed by atoms with Gasteiger partial charge in [0.25, 0.3) is 0 Å². The Balaban J connectivity index is 1.11. The zero-order chi connectivity index (χ0) is 21.9. The molecule has 5 rings (SSSR count). The lowest BCUT2D eigenvalue weighted by atomic mass is 10.1. The van der Waals surface area contributed by atoms with Crippen LogP contribution >= 0.6 is 0 Å². The number of nitrogens with zero attached hydrogens (tertiary/aromatic N) is 6. The average molecular weight is 432 g/mol. The van der Waals surface area contributed by atoms with Crippen LogP contribution in [0.5, 0.6) is 5.75 Å². The van der Waals surface area contributed by atoms with Crippen molar-refractivity contribution in [1.29, 1.82) is 0 Å². The molecule has 32 heavy (non-hydrogen) atoms. The van der Waals surface area contributed by atoms with E-state index in [1.54, 1.807) is 38.8 Å². The Bertz CT molecular complexity index is 1200. The lowest BCUT2D eigenvalue weighted by Gasteiger charge is -2.38. The molecule has 0 spiro atoms. The zero-order valence-electron chi connectivity index (χ0n) is 17.2. The van der Waals surface area contributed by atoms with Gasteiger partial charge < -0.3 is 9.64 Å². The summed E-state index contributed by atoms with van der Waals surface area (Å²) in [4.78, 5) is 14.3. The largest absolute Gasteiger partial charge is 0.487 e. The molecule has 2 aromatic heterocycles. The van der Waals surface area contributed by atoms with Crippen LogP contribution in [0.25, 0.3) is 11.1 Å². The number of para-hydroxylation sites is 1. The van der Waals surface area contributed by atoms with Crippen molar-refractivity contribution < 1.29 is 13.9 Å². The Morgan fingerprint density at radius 3 is 2.59 bits per heavy atom. The van der Waals surface area contributed by atoms with Crippen molar-refractivity contribution in [2.45, 2.75) is 19.2 Å². The molecular formula is C23H21FN6O2. The first-order chi connectivity index (χ1) is 15.6. The monoisotopic (exact) mass is 432 g/mol. The summed E-state index contributed by atoms with van der Waals surface area (Å²) in [5.74, 6) is 0.485.